The van der Waals surface area contributed by atoms with Crippen molar-refractivity contribution in [3.05, 3.63) is 27.3 Å². The lowest BCUT2D eigenvalue weighted by Crippen LogP contribution is -2.19. The molecule has 10 heteroatoms. The van der Waals surface area contributed by atoms with Crippen LogP contribution < -0.4 is 5.32 Å². The van der Waals surface area contributed by atoms with E-state index >= 15 is 0 Å². The second kappa shape index (κ2) is 5.84. The Bertz CT molecular complexity index is 815. The molecule has 2 N–H and O–H groups in total. The number of nitrogens with one attached hydrogen (secondary N) is 2. The van der Waals surface area contributed by atoms with Crippen LogP contribution >= 0.6 is 34.9 Å². The first-order valence-corrected chi connectivity index (χ1v) is 8.03. The average Bonchev–Trinajstić information content (AvgIpc) is 3.14. The van der Waals surface area contributed by atoms with Crippen molar-refractivity contribution in [2.75, 3.05) is 5.32 Å². The molecular weight excluding hydrogens is 328 g/mol. The molecule has 21 heavy (non-hydrogen) atoms. The summed E-state index contributed by atoms with van der Waals surface area (Å²) in [5.74, 6) is 0.431. The number of aromatic amines is 1. The molecule has 0 saturated carbocycles. The minimum atomic E-state index is -0.221. The summed E-state index contributed by atoms with van der Waals surface area (Å²) in [6.07, 6.45) is 0. The number of nitrogens with zero attached hydrogens (tertiary/aromatic N) is 4. The lowest BCUT2D eigenvalue weighted by Gasteiger charge is -2.04. The van der Waals surface area contributed by atoms with Gasteiger partial charge in [0, 0.05) is 0 Å². The largest absolute Gasteiger partial charge is 0.299 e. The van der Waals surface area contributed by atoms with Crippen molar-refractivity contribution in [3.63, 3.8) is 0 Å². The Labute approximate surface area is 132 Å². The van der Waals surface area contributed by atoms with Crippen LogP contribution in [0.5, 0.6) is 0 Å². The third-order valence-corrected chi connectivity index (χ3v) is 4.51. The van der Waals surface area contributed by atoms with Crippen molar-refractivity contribution in [3.8, 4) is 10.7 Å². The molecule has 3 rings (SSSR count). The van der Waals surface area contributed by atoms with Crippen LogP contribution in [-0.4, -0.2) is 30.9 Å². The lowest BCUT2D eigenvalue weighted by atomic mass is 10.4. The maximum atomic E-state index is 12.1. The summed E-state index contributed by atoms with van der Waals surface area (Å²) in [5, 5.41) is 20.5. The molecule has 0 aliphatic heterocycles. The number of carbonyl (C=O) groups is 1. The highest BCUT2D eigenvalue weighted by Crippen LogP contribution is 2.22. The second-order valence-corrected chi connectivity index (χ2v) is 6.61. The fraction of sp³-hybridized carbons (Fsp3) is 0.182. The molecule has 3 heterocycles. The maximum absolute atomic E-state index is 12.1. The Morgan fingerprint density at radius 1 is 1.52 bits per heavy atom. The molecule has 0 spiro atoms. The van der Waals surface area contributed by atoms with Gasteiger partial charge >= 0.3 is 0 Å². The van der Waals surface area contributed by atoms with E-state index < -0.39 is 0 Å². The predicted octanol–water partition coefficient (Wildman–Crippen LogP) is 2.47. The molecule has 0 fully saturated rings. The first kappa shape index (κ1) is 14.0. The van der Waals surface area contributed by atoms with Gasteiger partial charge in [0.15, 0.2) is 10.6 Å². The fourth-order valence-corrected chi connectivity index (χ4v) is 3.23. The van der Waals surface area contributed by atoms with Gasteiger partial charge in [0.1, 0.15) is 11.6 Å². The molecule has 0 unspecified atom stereocenters. The molecular formula is C11H10N6OS3. The second-order valence-electron chi connectivity index (χ2n) is 4.09. The summed E-state index contributed by atoms with van der Waals surface area (Å²) in [6, 6.07) is 3.85. The van der Waals surface area contributed by atoms with Crippen LogP contribution in [0.4, 0.5) is 5.13 Å². The minimum Gasteiger partial charge on any atom is -0.299 e. The van der Waals surface area contributed by atoms with Gasteiger partial charge in [-0.2, -0.15) is 5.10 Å². The van der Waals surface area contributed by atoms with Gasteiger partial charge in [-0.15, -0.1) is 21.5 Å². The van der Waals surface area contributed by atoms with Crippen molar-refractivity contribution in [2.24, 2.45) is 0 Å². The summed E-state index contributed by atoms with van der Waals surface area (Å²) in [5.41, 5.74) is 0. The number of rotatable bonds is 4. The van der Waals surface area contributed by atoms with E-state index in [4.69, 9.17) is 12.2 Å². The molecule has 0 aromatic carbocycles. The third-order valence-electron chi connectivity index (χ3n) is 2.57. The molecule has 3 aromatic heterocycles. The van der Waals surface area contributed by atoms with Crippen LogP contribution in [0.3, 0.4) is 0 Å². The van der Waals surface area contributed by atoms with E-state index in [1.54, 1.807) is 4.57 Å². The maximum Gasteiger partial charge on any atom is 0.246 e. The van der Waals surface area contributed by atoms with Crippen molar-refractivity contribution in [1.82, 2.24) is 25.0 Å². The van der Waals surface area contributed by atoms with Gasteiger partial charge in [0.25, 0.3) is 0 Å². The Hall–Kier alpha value is -1.91. The summed E-state index contributed by atoms with van der Waals surface area (Å²) in [7, 11) is 0. The van der Waals surface area contributed by atoms with Crippen molar-refractivity contribution >= 4 is 45.9 Å². The van der Waals surface area contributed by atoms with E-state index in [1.165, 1.54) is 22.7 Å². The van der Waals surface area contributed by atoms with Gasteiger partial charge in [0.05, 0.1) is 4.88 Å². The molecule has 7 nitrogen and oxygen atoms in total. The Kier molecular flexibility index (Phi) is 3.90. The number of hydrogen-bond donors (Lipinski definition) is 2. The summed E-state index contributed by atoms with van der Waals surface area (Å²) < 4.78 is 2.06. The van der Waals surface area contributed by atoms with Gasteiger partial charge < -0.3 is 0 Å². The topological polar surface area (TPSA) is 88.5 Å². The van der Waals surface area contributed by atoms with E-state index in [-0.39, 0.29) is 12.5 Å². The Balaban J connectivity index is 1.80. The van der Waals surface area contributed by atoms with Gasteiger partial charge in [-0.1, -0.05) is 17.4 Å². The summed E-state index contributed by atoms with van der Waals surface area (Å²) in [6.45, 7) is 1.90. The lowest BCUT2D eigenvalue weighted by molar-refractivity contribution is -0.116. The molecule has 3 aromatic rings. The number of hydrogen-bond acceptors (Lipinski definition) is 7. The Morgan fingerprint density at radius 2 is 2.38 bits per heavy atom. The monoisotopic (exact) mass is 338 g/mol. The third kappa shape index (κ3) is 3.06. The van der Waals surface area contributed by atoms with Crippen molar-refractivity contribution < 1.29 is 4.79 Å². The molecule has 0 aliphatic carbocycles. The van der Waals surface area contributed by atoms with Gasteiger partial charge in [-0.3, -0.25) is 19.8 Å². The van der Waals surface area contributed by atoms with E-state index in [0.717, 1.165) is 9.88 Å². The van der Waals surface area contributed by atoms with E-state index in [0.29, 0.717) is 15.7 Å². The quantitative estimate of drug-likeness (QED) is 0.714. The SMILES string of the molecule is Cc1nnc(NC(=O)Cn2c(-c3cccs3)n[nH]c2=S)s1. The van der Waals surface area contributed by atoms with Gasteiger partial charge in [-0.25, -0.2) is 0 Å². The molecule has 0 bridgehead atoms. The zero-order valence-electron chi connectivity index (χ0n) is 10.9. The normalized spacial score (nSPS) is 10.7. The van der Waals surface area contributed by atoms with Crippen LogP contribution in [-0.2, 0) is 11.3 Å². The molecule has 0 atom stereocenters. The highest BCUT2D eigenvalue weighted by Gasteiger charge is 2.14. The van der Waals surface area contributed by atoms with E-state index in [9.17, 15) is 4.79 Å². The van der Waals surface area contributed by atoms with Crippen molar-refractivity contribution in [2.45, 2.75) is 13.5 Å². The molecule has 0 saturated heterocycles. The number of carbonyl (C=O) groups excluding carboxylic acids is 1. The van der Waals surface area contributed by atoms with Crippen LogP contribution in [0.2, 0.25) is 0 Å². The first-order chi connectivity index (χ1) is 10.1. The molecule has 0 radical (unpaired) electrons. The number of anilines is 1. The first-order valence-electron chi connectivity index (χ1n) is 5.92. The van der Waals surface area contributed by atoms with E-state index in [2.05, 4.69) is 25.7 Å². The minimum absolute atomic E-state index is 0.0706. The van der Waals surface area contributed by atoms with Crippen LogP contribution in [0.25, 0.3) is 10.7 Å². The average molecular weight is 338 g/mol. The number of aromatic nitrogens is 5. The molecule has 0 aliphatic rings. The standard InChI is InChI=1S/C11H10N6OS3/c1-6-13-15-10(21-6)12-8(18)5-17-9(14-16-11(17)19)7-3-2-4-20-7/h2-4H,5H2,1H3,(H,16,19)(H,12,15,18). The van der Waals surface area contributed by atoms with Crippen LogP contribution in [0, 0.1) is 11.7 Å². The summed E-state index contributed by atoms with van der Waals surface area (Å²) in [4.78, 5) is 13.0. The zero-order valence-corrected chi connectivity index (χ0v) is 13.3. The number of aryl methyl sites for hydroxylation is 1. The zero-order chi connectivity index (χ0) is 14.8. The van der Waals surface area contributed by atoms with Gasteiger partial charge in [0.2, 0.25) is 11.0 Å². The van der Waals surface area contributed by atoms with Gasteiger partial charge in [-0.05, 0) is 30.6 Å². The van der Waals surface area contributed by atoms with Crippen LogP contribution in [0.1, 0.15) is 5.01 Å². The van der Waals surface area contributed by atoms with E-state index in [1.807, 2.05) is 24.4 Å². The summed E-state index contributed by atoms with van der Waals surface area (Å²) >= 11 is 8.04. The highest BCUT2D eigenvalue weighted by molar-refractivity contribution is 7.71. The fourth-order valence-electron chi connectivity index (χ4n) is 1.71. The number of amides is 1. The van der Waals surface area contributed by atoms with Crippen LogP contribution in [0.15, 0.2) is 17.5 Å². The molecule has 1 amide bonds. The van der Waals surface area contributed by atoms with Crippen molar-refractivity contribution in [1.29, 1.82) is 0 Å². The number of H-pyrrole nitrogens is 1. The number of thiophene rings is 1. The Morgan fingerprint density at radius 3 is 3.05 bits per heavy atom. The molecule has 108 valence electrons. The smallest absolute Gasteiger partial charge is 0.246 e. The highest BCUT2D eigenvalue weighted by atomic mass is 32.1. The predicted molar refractivity (Wildman–Crippen MR) is 84.0 cm³/mol.